The Morgan fingerprint density at radius 3 is 2.13 bits per heavy atom. The first-order valence-corrected chi connectivity index (χ1v) is 17.0. The molecular weight excluding hydrogens is 560 g/mol. The average molecular weight is 606 g/mol. The molecule has 2 aromatic heterocycles. The molecule has 232 valence electrons. The minimum atomic E-state index is -0.0348. The first kappa shape index (κ1) is 30.1. The highest BCUT2D eigenvalue weighted by Gasteiger charge is 2.50. The summed E-state index contributed by atoms with van der Waals surface area (Å²) in [6.07, 6.45) is 32.0. The van der Waals surface area contributed by atoms with E-state index in [0.29, 0.717) is 0 Å². The van der Waals surface area contributed by atoms with Crippen LogP contribution in [0.25, 0.3) is 21.8 Å². The van der Waals surface area contributed by atoms with Gasteiger partial charge in [-0.3, -0.25) is 9.97 Å². The third-order valence-corrected chi connectivity index (χ3v) is 10.7. The fraction of sp³-hybridized carbons (Fsp3) is 0.310. The van der Waals surface area contributed by atoms with Crippen LogP contribution in [0.1, 0.15) is 69.9 Å². The van der Waals surface area contributed by atoms with Crippen molar-refractivity contribution in [1.82, 2.24) is 9.97 Å². The number of nitrogens with zero attached hydrogens (tertiary/aromatic N) is 4. The van der Waals surface area contributed by atoms with E-state index in [1.807, 2.05) is 24.5 Å². The summed E-state index contributed by atoms with van der Waals surface area (Å²) in [6.45, 7) is 4.66. The number of benzene rings is 2. The summed E-state index contributed by atoms with van der Waals surface area (Å²) in [4.78, 5) is 11.7. The standard InChI is InChI=1S/C42H45N4/c1-5-22-41(2)33-29-35-31(18-16-25-43-35)27-37(33)45(3)39(41)20-12-9-7-6-8-10-13-21-40-42(23-14-11-15-24-42)34-30-36-32(19-17-26-44-36)28-38(34)46(40)4/h6-10,12-13,16-21,25-30H,5,11,14-15,22-24H2,1-4H3/q+1. The van der Waals surface area contributed by atoms with Gasteiger partial charge in [0.25, 0.3) is 0 Å². The van der Waals surface area contributed by atoms with E-state index in [1.165, 1.54) is 76.8 Å². The van der Waals surface area contributed by atoms with Gasteiger partial charge < -0.3 is 4.90 Å². The number of hydrogen-bond acceptors (Lipinski definition) is 3. The summed E-state index contributed by atoms with van der Waals surface area (Å²) in [5.74, 6) is 0. The van der Waals surface area contributed by atoms with E-state index in [1.54, 1.807) is 0 Å². The maximum atomic E-state index is 4.69. The van der Waals surface area contributed by atoms with E-state index in [-0.39, 0.29) is 10.8 Å². The van der Waals surface area contributed by atoms with Crippen molar-refractivity contribution in [1.29, 1.82) is 0 Å². The summed E-state index contributed by atoms with van der Waals surface area (Å²) in [5, 5.41) is 2.40. The summed E-state index contributed by atoms with van der Waals surface area (Å²) < 4.78 is 2.42. The summed E-state index contributed by atoms with van der Waals surface area (Å²) >= 11 is 0. The van der Waals surface area contributed by atoms with Gasteiger partial charge in [0.1, 0.15) is 7.05 Å². The Morgan fingerprint density at radius 1 is 0.804 bits per heavy atom. The summed E-state index contributed by atoms with van der Waals surface area (Å²) in [7, 11) is 4.43. The quantitative estimate of drug-likeness (QED) is 0.155. The molecule has 4 aromatic rings. The molecule has 46 heavy (non-hydrogen) atoms. The molecule has 1 atom stereocenters. The van der Waals surface area contributed by atoms with Crippen LogP contribution >= 0.6 is 0 Å². The maximum absolute atomic E-state index is 4.69. The fourth-order valence-electron chi connectivity index (χ4n) is 8.45. The molecule has 2 aromatic carbocycles. The first-order valence-electron chi connectivity index (χ1n) is 17.0. The van der Waals surface area contributed by atoms with Gasteiger partial charge in [0.2, 0.25) is 5.69 Å². The van der Waals surface area contributed by atoms with E-state index < -0.39 is 0 Å². The van der Waals surface area contributed by atoms with Gasteiger partial charge in [0.15, 0.2) is 5.71 Å². The van der Waals surface area contributed by atoms with Crippen LogP contribution in [-0.2, 0) is 10.8 Å². The second-order valence-corrected chi connectivity index (χ2v) is 13.4. The number of fused-ring (bicyclic) bond motifs is 5. The van der Waals surface area contributed by atoms with Crippen molar-refractivity contribution in [3.8, 4) is 0 Å². The predicted octanol–water partition coefficient (Wildman–Crippen LogP) is 10.0. The number of hydrogen-bond donors (Lipinski definition) is 0. The van der Waals surface area contributed by atoms with Gasteiger partial charge in [0.05, 0.1) is 16.4 Å². The van der Waals surface area contributed by atoms with Gasteiger partial charge in [-0.25, -0.2) is 0 Å². The molecule has 2 aliphatic heterocycles. The lowest BCUT2D eigenvalue weighted by Crippen LogP contribution is -2.36. The van der Waals surface area contributed by atoms with Gasteiger partial charge in [-0.15, -0.1) is 0 Å². The predicted molar refractivity (Wildman–Crippen MR) is 194 cm³/mol. The number of likely N-dealkylation sites (N-methyl/N-ethyl adjacent to an activating group) is 1. The fourth-order valence-corrected chi connectivity index (χ4v) is 8.45. The van der Waals surface area contributed by atoms with Crippen molar-refractivity contribution in [3.63, 3.8) is 0 Å². The Balaban J connectivity index is 1.07. The third kappa shape index (κ3) is 5.05. The molecule has 4 nitrogen and oxygen atoms in total. The van der Waals surface area contributed by atoms with E-state index in [4.69, 9.17) is 0 Å². The first-order chi connectivity index (χ1) is 22.5. The molecule has 1 spiro atoms. The zero-order valence-electron chi connectivity index (χ0n) is 27.7. The van der Waals surface area contributed by atoms with Crippen LogP contribution in [0, 0.1) is 0 Å². The molecule has 0 amide bonds. The second-order valence-electron chi connectivity index (χ2n) is 13.4. The number of aromatic nitrogens is 2. The van der Waals surface area contributed by atoms with Crippen molar-refractivity contribution in [2.75, 3.05) is 19.0 Å². The molecule has 3 aliphatic rings. The number of allylic oxidation sites excluding steroid dienone is 10. The van der Waals surface area contributed by atoms with Gasteiger partial charge in [-0.05, 0) is 68.2 Å². The highest BCUT2D eigenvalue weighted by molar-refractivity contribution is 6.05. The molecule has 4 heterocycles. The smallest absolute Gasteiger partial charge is 0.210 e. The zero-order chi connectivity index (χ0) is 31.7. The Hall–Kier alpha value is -4.57. The van der Waals surface area contributed by atoms with Crippen LogP contribution in [-0.4, -0.2) is 34.4 Å². The molecule has 1 fully saturated rings. The van der Waals surface area contributed by atoms with Gasteiger partial charge >= 0.3 is 0 Å². The molecule has 1 aliphatic carbocycles. The zero-order valence-corrected chi connectivity index (χ0v) is 27.7. The molecule has 0 radical (unpaired) electrons. The van der Waals surface area contributed by atoms with Crippen LogP contribution in [0.15, 0.2) is 121 Å². The van der Waals surface area contributed by atoms with Crippen molar-refractivity contribution in [2.45, 2.75) is 69.6 Å². The Bertz CT molecular complexity index is 1980. The molecule has 1 saturated carbocycles. The van der Waals surface area contributed by atoms with Crippen LogP contribution in [0.3, 0.4) is 0 Å². The van der Waals surface area contributed by atoms with Gasteiger partial charge in [-0.2, -0.15) is 4.58 Å². The Kier molecular flexibility index (Phi) is 8.06. The van der Waals surface area contributed by atoms with Crippen LogP contribution < -0.4 is 4.90 Å². The normalized spacial score (nSPS) is 21.9. The van der Waals surface area contributed by atoms with E-state index in [9.17, 15) is 0 Å². The third-order valence-electron chi connectivity index (χ3n) is 10.7. The summed E-state index contributed by atoms with van der Waals surface area (Å²) in [5.41, 5.74) is 10.4. The van der Waals surface area contributed by atoms with E-state index in [0.717, 1.165) is 23.9 Å². The van der Waals surface area contributed by atoms with Crippen LogP contribution in [0.2, 0.25) is 0 Å². The lowest BCUT2D eigenvalue weighted by atomic mass is 9.67. The number of anilines is 1. The highest BCUT2D eigenvalue weighted by atomic mass is 15.2. The lowest BCUT2D eigenvalue weighted by molar-refractivity contribution is -0.401. The Labute approximate surface area is 273 Å². The van der Waals surface area contributed by atoms with Crippen molar-refractivity contribution < 1.29 is 4.58 Å². The second kappa shape index (κ2) is 12.3. The molecule has 0 N–H and O–H groups in total. The maximum Gasteiger partial charge on any atom is 0.210 e. The lowest BCUT2D eigenvalue weighted by Gasteiger charge is -2.31. The van der Waals surface area contributed by atoms with Gasteiger partial charge in [-0.1, -0.05) is 87.3 Å². The van der Waals surface area contributed by atoms with Crippen molar-refractivity contribution in [3.05, 3.63) is 132 Å². The van der Waals surface area contributed by atoms with Crippen LogP contribution in [0.5, 0.6) is 0 Å². The molecule has 0 saturated heterocycles. The van der Waals surface area contributed by atoms with E-state index in [2.05, 4.69) is 138 Å². The average Bonchev–Trinajstić information content (AvgIpc) is 3.41. The van der Waals surface area contributed by atoms with Crippen molar-refractivity contribution >= 4 is 38.9 Å². The van der Waals surface area contributed by atoms with E-state index >= 15 is 0 Å². The number of pyridine rings is 2. The highest BCUT2D eigenvalue weighted by Crippen LogP contribution is 2.51. The Morgan fingerprint density at radius 2 is 1.43 bits per heavy atom. The largest absolute Gasteiger partial charge is 0.347 e. The molecule has 0 bridgehead atoms. The molecule has 7 rings (SSSR count). The molecule has 1 unspecified atom stereocenters. The summed E-state index contributed by atoms with van der Waals surface area (Å²) in [6, 6.07) is 17.7. The minimum absolute atomic E-state index is 0.0348. The molecular formula is C42H45N4+. The number of rotatable bonds is 7. The minimum Gasteiger partial charge on any atom is -0.347 e. The van der Waals surface area contributed by atoms with Crippen LogP contribution in [0.4, 0.5) is 11.4 Å². The monoisotopic (exact) mass is 605 g/mol. The van der Waals surface area contributed by atoms with Crippen molar-refractivity contribution in [2.24, 2.45) is 0 Å². The van der Waals surface area contributed by atoms with Gasteiger partial charge in [0, 0.05) is 64.7 Å². The SMILES string of the molecule is CCCC1(C)\C(=C/C=C/C=C/C=C/C=C/C2=[N+](C)c3cc4cccnc4cc3C23CCCCC3)N(C)c2cc3cccnc3cc21. The molecule has 4 heteroatoms. The topological polar surface area (TPSA) is 32.0 Å².